The summed E-state index contributed by atoms with van der Waals surface area (Å²) < 4.78 is 2.11. The van der Waals surface area contributed by atoms with Gasteiger partial charge in [-0.2, -0.15) is 0 Å². The van der Waals surface area contributed by atoms with Crippen LogP contribution in [-0.2, 0) is 6.54 Å². The van der Waals surface area contributed by atoms with Gasteiger partial charge in [-0.15, -0.1) is 0 Å². The molecule has 0 spiro atoms. The number of hydrogen-bond acceptors (Lipinski definition) is 8. The summed E-state index contributed by atoms with van der Waals surface area (Å²) in [4.78, 5) is 113. The van der Waals surface area contributed by atoms with Crippen LogP contribution in [0.25, 0.3) is 38.0 Å². The van der Waals surface area contributed by atoms with Crippen molar-refractivity contribution in [3.05, 3.63) is 124 Å². The number of fused-ring (bicyclic) bond motifs is 2. The number of amides is 4. The highest BCUT2D eigenvalue weighted by molar-refractivity contribution is 6.39. The van der Waals surface area contributed by atoms with Crippen LogP contribution in [0.1, 0.15) is 120 Å². The van der Waals surface area contributed by atoms with E-state index in [0.29, 0.717) is 0 Å². The molecule has 4 aromatic carbocycles. The van der Waals surface area contributed by atoms with Crippen molar-refractivity contribution in [1.82, 2.24) is 14.0 Å². The fourth-order valence-electron chi connectivity index (χ4n) is 8.87. The summed E-state index contributed by atoms with van der Waals surface area (Å²) in [5.41, 5.74) is -1.53. The zero-order valence-electron chi connectivity index (χ0n) is 33.1. The monoisotopic (exact) mass is 780 g/mol. The number of unbranched alkanes of at least 4 members (excludes halogenated alkanes) is 2. The van der Waals surface area contributed by atoms with E-state index in [1.807, 2.05) is 13.8 Å². The van der Waals surface area contributed by atoms with Gasteiger partial charge in [0.2, 0.25) is 0 Å². The van der Waals surface area contributed by atoms with Crippen LogP contribution >= 0.6 is 0 Å². The van der Waals surface area contributed by atoms with E-state index in [4.69, 9.17) is 0 Å². The van der Waals surface area contributed by atoms with Crippen molar-refractivity contribution in [3.63, 3.8) is 0 Å². The lowest BCUT2D eigenvalue weighted by Gasteiger charge is -2.33. The molecule has 2 aliphatic rings. The first kappa shape index (κ1) is 38.6. The Morgan fingerprint density at radius 1 is 0.483 bits per heavy atom. The third-order valence-corrected chi connectivity index (χ3v) is 12.3. The number of carbonyl (C=O) groups excluding carboxylic acids is 4. The number of rotatable bonds is 14. The molecule has 12 heteroatoms. The Morgan fingerprint density at radius 3 is 1.38 bits per heavy atom. The van der Waals surface area contributed by atoms with Gasteiger partial charge < -0.3 is 0 Å². The van der Waals surface area contributed by atoms with E-state index in [2.05, 4.69) is 13.8 Å². The molecular formula is C46H44N4O8. The number of benzene rings is 4. The molecule has 4 heterocycles. The predicted molar refractivity (Wildman–Crippen MR) is 223 cm³/mol. The predicted octanol–water partition coefficient (Wildman–Crippen LogP) is 6.88. The molecule has 0 radical (unpaired) electrons. The lowest BCUT2D eigenvalue weighted by atomic mass is 9.85. The van der Waals surface area contributed by atoms with Crippen LogP contribution in [0.2, 0.25) is 0 Å². The van der Waals surface area contributed by atoms with Crippen molar-refractivity contribution >= 4 is 61.6 Å². The first-order valence-corrected chi connectivity index (χ1v) is 20.3. The van der Waals surface area contributed by atoms with Gasteiger partial charge in [-0.05, 0) is 79.3 Å². The fraction of sp³-hybridized carbons (Fsp3) is 0.348. The van der Waals surface area contributed by atoms with Crippen molar-refractivity contribution in [1.29, 1.82) is 0 Å². The minimum atomic E-state index is -0.715. The van der Waals surface area contributed by atoms with E-state index >= 15 is 0 Å². The molecular weight excluding hydrogens is 737 g/mol. The Hall–Kier alpha value is -6.30. The third-order valence-electron chi connectivity index (χ3n) is 12.3. The van der Waals surface area contributed by atoms with Crippen LogP contribution in [0.5, 0.6) is 0 Å². The second-order valence-corrected chi connectivity index (χ2v) is 15.7. The van der Waals surface area contributed by atoms with Gasteiger partial charge in [0.25, 0.3) is 45.9 Å². The van der Waals surface area contributed by atoms with Gasteiger partial charge in [-0.1, -0.05) is 72.3 Å². The fourth-order valence-corrected chi connectivity index (χ4v) is 8.87. The Morgan fingerprint density at radius 2 is 0.914 bits per heavy atom. The minimum Gasteiger partial charge on any atom is -0.274 e. The third kappa shape index (κ3) is 5.87. The Balaban J connectivity index is 1.15. The molecule has 2 aliphatic heterocycles. The van der Waals surface area contributed by atoms with Crippen molar-refractivity contribution in [2.24, 2.45) is 11.8 Å². The molecule has 0 bridgehead atoms. The molecule has 58 heavy (non-hydrogen) atoms. The van der Waals surface area contributed by atoms with Gasteiger partial charge in [0.05, 0.1) is 32.9 Å². The van der Waals surface area contributed by atoms with E-state index < -0.39 is 45.9 Å². The van der Waals surface area contributed by atoms with E-state index in [-0.39, 0.29) is 90.9 Å². The maximum atomic E-state index is 14.2. The first-order chi connectivity index (χ1) is 27.9. The van der Waals surface area contributed by atoms with Gasteiger partial charge in [-0.3, -0.25) is 47.8 Å². The van der Waals surface area contributed by atoms with Crippen LogP contribution in [-0.4, -0.2) is 44.2 Å². The second-order valence-electron chi connectivity index (χ2n) is 15.7. The first-order valence-electron chi connectivity index (χ1n) is 20.3. The van der Waals surface area contributed by atoms with E-state index in [1.54, 1.807) is 0 Å². The normalized spacial score (nSPS) is 15.1. The Labute approximate surface area is 333 Å². The van der Waals surface area contributed by atoms with Gasteiger partial charge >= 0.3 is 0 Å². The number of carbonyl (C=O) groups is 4. The molecule has 296 valence electrons. The average Bonchev–Trinajstić information content (AvgIpc) is 3.61. The quantitative estimate of drug-likeness (QED) is 0.108. The molecule has 0 fully saturated rings. The smallest absolute Gasteiger partial charge is 0.266 e. The molecule has 8 rings (SSSR count). The maximum Gasteiger partial charge on any atom is 0.266 e. The molecule has 2 atom stereocenters. The molecule has 0 N–H and O–H groups in total. The summed E-state index contributed by atoms with van der Waals surface area (Å²) in [6, 6.07) is 14.6. The molecule has 0 saturated heterocycles. The summed E-state index contributed by atoms with van der Waals surface area (Å²) >= 11 is 0. The van der Waals surface area contributed by atoms with Crippen molar-refractivity contribution in [2.45, 2.75) is 85.6 Å². The maximum absolute atomic E-state index is 14.2. The standard InChI is InChI=1S/C46H44N4O8/c1-5-9-12-25(7-3)23-47-39(51)29-16-18-31-38-32(19-17-30(37(29)38)40(47)52)44(56)49(43(31)55)27-14-11-15-28(20-27)50-45(57)35-21-33-34(22-36(35)46(50)58)42(54)48(41(33)53)24-26(8-4)13-10-6-2/h11,14-22,25-26H,5-10,12-13,23-24H2,1-4H3. The topological polar surface area (TPSA) is 153 Å². The Kier molecular flexibility index (Phi) is 9.90. The molecule has 6 aromatic rings. The average molecular weight is 781 g/mol. The molecule has 2 unspecified atom stereocenters. The van der Waals surface area contributed by atoms with Crippen LogP contribution in [0.3, 0.4) is 0 Å². The number of aromatic nitrogens is 2. The summed E-state index contributed by atoms with van der Waals surface area (Å²) in [5, 5.41) is 0.604. The summed E-state index contributed by atoms with van der Waals surface area (Å²) in [7, 11) is 0. The minimum absolute atomic E-state index is 0.0252. The van der Waals surface area contributed by atoms with Gasteiger partial charge in [-0.25, -0.2) is 9.47 Å². The summed E-state index contributed by atoms with van der Waals surface area (Å²) in [6.45, 7) is 8.78. The highest BCUT2D eigenvalue weighted by atomic mass is 16.2. The molecule has 2 aromatic heterocycles. The van der Waals surface area contributed by atoms with Crippen molar-refractivity contribution in [2.75, 3.05) is 11.4 Å². The van der Waals surface area contributed by atoms with E-state index in [0.717, 1.165) is 60.8 Å². The number of imide groups is 2. The highest BCUT2D eigenvalue weighted by Gasteiger charge is 2.40. The molecule has 0 aliphatic carbocycles. The molecule has 4 amide bonds. The van der Waals surface area contributed by atoms with Gasteiger partial charge in [0.15, 0.2) is 0 Å². The summed E-state index contributed by atoms with van der Waals surface area (Å²) in [5.74, 6) is -2.04. The number of nitrogens with zero attached hydrogens (tertiary/aromatic N) is 4. The number of anilines is 1. The Bertz CT molecular complexity index is 2800. The second kappa shape index (κ2) is 14.9. The zero-order chi connectivity index (χ0) is 41.2. The lowest BCUT2D eigenvalue weighted by Crippen LogP contribution is -2.44. The number of hydrogen-bond donors (Lipinski definition) is 0. The van der Waals surface area contributed by atoms with Gasteiger partial charge in [0, 0.05) is 46.1 Å². The van der Waals surface area contributed by atoms with Crippen molar-refractivity contribution < 1.29 is 19.2 Å². The summed E-state index contributed by atoms with van der Waals surface area (Å²) in [6.07, 6.45) is 7.33. The van der Waals surface area contributed by atoms with Crippen LogP contribution in [0, 0.1) is 11.8 Å². The zero-order valence-corrected chi connectivity index (χ0v) is 33.1. The van der Waals surface area contributed by atoms with E-state index in [1.165, 1.54) is 70.1 Å². The largest absolute Gasteiger partial charge is 0.274 e. The van der Waals surface area contributed by atoms with Crippen molar-refractivity contribution in [3.8, 4) is 5.69 Å². The van der Waals surface area contributed by atoms with Crippen LogP contribution in [0.4, 0.5) is 5.69 Å². The van der Waals surface area contributed by atoms with Gasteiger partial charge in [0.1, 0.15) is 0 Å². The lowest BCUT2D eigenvalue weighted by molar-refractivity contribution is 0.0578. The van der Waals surface area contributed by atoms with Crippen LogP contribution in [0.15, 0.2) is 79.8 Å². The SMILES string of the molecule is CCCCC(CC)CN1C(=O)c2ccc3c4c(ccc(c24)C1=O)C(=O)N(c1cccc(-n2c(=O)c4cc5c(=O)n(CC(CC)CCCC)c(=O)c5cc4c2=O)c1)C3=O. The molecule has 0 saturated carbocycles. The molecule has 12 nitrogen and oxygen atoms in total. The van der Waals surface area contributed by atoms with E-state index in [9.17, 15) is 38.4 Å². The highest BCUT2D eigenvalue weighted by Crippen LogP contribution is 2.39. The van der Waals surface area contributed by atoms with Crippen LogP contribution < -0.4 is 27.1 Å².